The van der Waals surface area contributed by atoms with Crippen LogP contribution in [0.3, 0.4) is 0 Å². The Morgan fingerprint density at radius 3 is 2.82 bits per heavy atom. The molecule has 0 radical (unpaired) electrons. The molecule has 0 amide bonds. The largest absolute Gasteiger partial charge is 0.328 e. The Bertz CT molecular complexity index is 467. The van der Waals surface area contributed by atoms with Gasteiger partial charge in [0.15, 0.2) is 0 Å². The Morgan fingerprint density at radius 2 is 2.18 bits per heavy atom. The highest BCUT2D eigenvalue weighted by atomic mass is 35.5. The highest BCUT2D eigenvalue weighted by molar-refractivity contribution is 7.17. The average Bonchev–Trinajstić information content (AvgIpc) is 2.78. The third-order valence-corrected chi connectivity index (χ3v) is 3.58. The van der Waals surface area contributed by atoms with Crippen LogP contribution in [0.25, 0.3) is 10.2 Å². The second kappa shape index (κ2) is 6.26. The lowest BCUT2D eigenvalue weighted by atomic mass is 10.1. The van der Waals surface area contributed by atoms with E-state index >= 15 is 0 Å². The molecule has 0 aromatic carbocycles. The van der Waals surface area contributed by atoms with E-state index in [9.17, 15) is 0 Å². The summed E-state index contributed by atoms with van der Waals surface area (Å²) in [7, 11) is 0. The zero-order chi connectivity index (χ0) is 12.1. The quantitative estimate of drug-likeness (QED) is 0.719. The summed E-state index contributed by atoms with van der Waals surface area (Å²) in [6, 6.07) is 2.40. The molecule has 3 heterocycles. The van der Waals surface area contributed by atoms with Crippen LogP contribution < -0.4 is 11.1 Å². The van der Waals surface area contributed by atoms with Gasteiger partial charge in [-0.25, -0.2) is 9.97 Å². The van der Waals surface area contributed by atoms with Gasteiger partial charge < -0.3 is 11.1 Å². The van der Waals surface area contributed by atoms with Crippen LogP contribution in [-0.2, 0) is 0 Å². The Morgan fingerprint density at radius 1 is 1.41 bits per heavy atom. The fourth-order valence-corrected chi connectivity index (χ4v) is 2.42. The first kappa shape index (κ1) is 12.7. The standard InChI is InChI=1S/C6H3ClN2S.C5H12N2/c7-6-8-3-5-4(9-6)1-2-10-5;6-5-1-3-7-4-2-5/h1-3H;5,7H,1-4,6H2. The lowest BCUT2D eigenvalue weighted by Crippen LogP contribution is -2.35. The number of rotatable bonds is 0. The van der Waals surface area contributed by atoms with E-state index in [1.165, 1.54) is 0 Å². The van der Waals surface area contributed by atoms with E-state index in [0.717, 1.165) is 36.1 Å². The van der Waals surface area contributed by atoms with Crippen molar-refractivity contribution >= 4 is 33.2 Å². The van der Waals surface area contributed by atoms with Gasteiger partial charge in [-0.05, 0) is 49.0 Å². The van der Waals surface area contributed by atoms with Gasteiger partial charge in [-0.1, -0.05) is 0 Å². The van der Waals surface area contributed by atoms with Crippen molar-refractivity contribution in [1.82, 2.24) is 15.3 Å². The summed E-state index contributed by atoms with van der Waals surface area (Å²) >= 11 is 7.17. The summed E-state index contributed by atoms with van der Waals surface area (Å²) in [5, 5.41) is 5.51. The molecule has 0 aliphatic carbocycles. The minimum atomic E-state index is 0.311. The van der Waals surface area contributed by atoms with Crippen molar-refractivity contribution in [1.29, 1.82) is 0 Å². The predicted octanol–water partition coefficient (Wildman–Crippen LogP) is 2.04. The van der Waals surface area contributed by atoms with Crippen molar-refractivity contribution in [2.75, 3.05) is 13.1 Å². The van der Waals surface area contributed by atoms with Gasteiger partial charge in [-0.15, -0.1) is 11.3 Å². The highest BCUT2D eigenvalue weighted by Crippen LogP contribution is 2.18. The molecular formula is C11H15ClN4S. The molecule has 0 bridgehead atoms. The zero-order valence-corrected chi connectivity index (χ0v) is 11.0. The maximum Gasteiger partial charge on any atom is 0.222 e. The molecule has 0 unspecified atom stereocenters. The number of halogens is 1. The lowest BCUT2D eigenvalue weighted by molar-refractivity contribution is 0.458. The van der Waals surface area contributed by atoms with Crippen molar-refractivity contribution in [2.24, 2.45) is 5.73 Å². The zero-order valence-electron chi connectivity index (χ0n) is 9.40. The van der Waals surface area contributed by atoms with E-state index in [-0.39, 0.29) is 0 Å². The molecule has 92 valence electrons. The van der Waals surface area contributed by atoms with E-state index in [4.69, 9.17) is 17.3 Å². The van der Waals surface area contributed by atoms with Crippen LogP contribution in [0.15, 0.2) is 17.6 Å². The van der Waals surface area contributed by atoms with Crippen LogP contribution in [0.1, 0.15) is 12.8 Å². The second-order valence-corrected chi connectivity index (χ2v) is 5.18. The maximum atomic E-state index is 5.59. The summed E-state index contributed by atoms with van der Waals surface area (Å²) in [6.07, 6.45) is 4.04. The summed E-state index contributed by atoms with van der Waals surface area (Å²) in [5.41, 5.74) is 6.52. The van der Waals surface area contributed by atoms with Crippen LogP contribution in [-0.4, -0.2) is 29.1 Å². The number of aromatic nitrogens is 2. The second-order valence-electron chi connectivity index (χ2n) is 3.90. The van der Waals surface area contributed by atoms with Gasteiger partial charge in [-0.2, -0.15) is 0 Å². The molecule has 1 aliphatic rings. The van der Waals surface area contributed by atoms with Crippen LogP contribution >= 0.6 is 22.9 Å². The maximum absolute atomic E-state index is 5.59. The Hall–Kier alpha value is -0.750. The molecule has 1 aliphatic heterocycles. The van der Waals surface area contributed by atoms with Crippen LogP contribution in [0.5, 0.6) is 0 Å². The third kappa shape index (κ3) is 3.89. The lowest BCUT2D eigenvalue weighted by Gasteiger charge is -2.17. The van der Waals surface area contributed by atoms with Gasteiger partial charge >= 0.3 is 0 Å². The van der Waals surface area contributed by atoms with Crippen molar-refractivity contribution in [3.8, 4) is 0 Å². The molecule has 1 saturated heterocycles. The number of hydrogen-bond acceptors (Lipinski definition) is 5. The Labute approximate surface area is 109 Å². The number of thiophene rings is 1. The van der Waals surface area contributed by atoms with Crippen molar-refractivity contribution < 1.29 is 0 Å². The van der Waals surface area contributed by atoms with Crippen molar-refractivity contribution in [3.05, 3.63) is 22.9 Å². The molecule has 2 aromatic heterocycles. The van der Waals surface area contributed by atoms with Crippen LogP contribution in [0, 0.1) is 0 Å². The molecule has 17 heavy (non-hydrogen) atoms. The molecule has 0 atom stereocenters. The normalized spacial score (nSPS) is 16.6. The van der Waals surface area contributed by atoms with E-state index in [0.29, 0.717) is 11.3 Å². The number of nitrogens with one attached hydrogen (secondary N) is 1. The van der Waals surface area contributed by atoms with Gasteiger partial charge in [0.2, 0.25) is 5.28 Å². The minimum Gasteiger partial charge on any atom is -0.328 e. The molecule has 0 spiro atoms. The molecule has 6 heteroatoms. The molecule has 3 N–H and O–H groups in total. The smallest absolute Gasteiger partial charge is 0.222 e. The molecule has 0 saturated carbocycles. The molecular weight excluding hydrogens is 256 g/mol. The first-order valence-corrected chi connectivity index (χ1v) is 6.83. The third-order valence-electron chi connectivity index (χ3n) is 2.56. The monoisotopic (exact) mass is 270 g/mol. The van der Waals surface area contributed by atoms with E-state index < -0.39 is 0 Å². The molecule has 3 rings (SSSR count). The SMILES string of the molecule is Clc1ncc2sccc2n1.NC1CCNCC1. The van der Waals surface area contributed by atoms with E-state index in [2.05, 4.69) is 15.3 Å². The van der Waals surface area contributed by atoms with Gasteiger partial charge in [0.25, 0.3) is 0 Å². The summed E-state index contributed by atoms with van der Waals surface area (Å²) in [5.74, 6) is 0. The molecule has 1 fully saturated rings. The summed E-state index contributed by atoms with van der Waals surface area (Å²) in [4.78, 5) is 7.84. The topological polar surface area (TPSA) is 63.8 Å². The summed E-state index contributed by atoms with van der Waals surface area (Å²) < 4.78 is 1.07. The Kier molecular flexibility index (Phi) is 4.67. The number of piperidine rings is 1. The van der Waals surface area contributed by atoms with Gasteiger partial charge in [-0.3, -0.25) is 0 Å². The van der Waals surface area contributed by atoms with Crippen molar-refractivity contribution in [3.63, 3.8) is 0 Å². The van der Waals surface area contributed by atoms with E-state index in [1.807, 2.05) is 11.4 Å². The van der Waals surface area contributed by atoms with Crippen LogP contribution in [0.2, 0.25) is 5.28 Å². The number of fused-ring (bicyclic) bond motifs is 1. The fraction of sp³-hybridized carbons (Fsp3) is 0.455. The Balaban J connectivity index is 0.000000136. The summed E-state index contributed by atoms with van der Waals surface area (Å²) in [6.45, 7) is 2.22. The first-order chi connectivity index (χ1) is 8.25. The van der Waals surface area contributed by atoms with Crippen molar-refractivity contribution in [2.45, 2.75) is 18.9 Å². The van der Waals surface area contributed by atoms with Crippen LogP contribution in [0.4, 0.5) is 0 Å². The van der Waals surface area contributed by atoms with Gasteiger partial charge in [0, 0.05) is 12.2 Å². The molecule has 4 nitrogen and oxygen atoms in total. The predicted molar refractivity (Wildman–Crippen MR) is 72.5 cm³/mol. The van der Waals surface area contributed by atoms with Gasteiger partial charge in [0.05, 0.1) is 10.2 Å². The van der Waals surface area contributed by atoms with E-state index in [1.54, 1.807) is 17.5 Å². The fourth-order valence-electron chi connectivity index (χ4n) is 1.59. The number of hydrogen-bond donors (Lipinski definition) is 2. The first-order valence-electron chi connectivity index (χ1n) is 5.58. The van der Waals surface area contributed by atoms with Gasteiger partial charge in [0.1, 0.15) is 0 Å². The minimum absolute atomic E-state index is 0.311. The molecule has 2 aromatic rings. The number of nitrogens with zero attached hydrogens (tertiary/aromatic N) is 2. The number of nitrogens with two attached hydrogens (primary N) is 1. The average molecular weight is 271 g/mol. The highest BCUT2D eigenvalue weighted by Gasteiger charge is 2.05.